The van der Waals surface area contributed by atoms with E-state index in [9.17, 15) is 8.42 Å². The summed E-state index contributed by atoms with van der Waals surface area (Å²) in [7, 11) is 0.298. The van der Waals surface area contributed by atoms with Crippen molar-refractivity contribution in [3.05, 3.63) is 0 Å². The van der Waals surface area contributed by atoms with Crippen LogP contribution in [-0.2, 0) is 10.2 Å². The normalized spacial score (nSPS) is 25.9. The Hall–Kier alpha value is -0.210. The first kappa shape index (κ1) is 16.2. The van der Waals surface area contributed by atoms with Gasteiger partial charge in [-0.05, 0) is 39.4 Å². The minimum atomic E-state index is -3.28. The van der Waals surface area contributed by atoms with Gasteiger partial charge in [0, 0.05) is 39.3 Å². The van der Waals surface area contributed by atoms with Gasteiger partial charge >= 0.3 is 0 Å². The number of piperazine rings is 1. The first-order valence-corrected chi connectivity index (χ1v) is 9.05. The van der Waals surface area contributed by atoms with Crippen LogP contribution >= 0.6 is 0 Å². The summed E-state index contributed by atoms with van der Waals surface area (Å²) >= 11 is 0. The number of hydrogen-bond acceptors (Lipinski definition) is 4. The Morgan fingerprint density at radius 3 is 2.80 bits per heavy atom. The number of piperidine rings is 1. The molecule has 0 bridgehead atoms. The van der Waals surface area contributed by atoms with Crippen molar-refractivity contribution >= 4 is 10.2 Å². The van der Waals surface area contributed by atoms with Crippen molar-refractivity contribution in [2.45, 2.75) is 31.7 Å². The number of rotatable bonds is 6. The molecule has 0 radical (unpaired) electrons. The van der Waals surface area contributed by atoms with Gasteiger partial charge in [-0.1, -0.05) is 6.42 Å². The zero-order chi connectivity index (χ0) is 14.6. The highest BCUT2D eigenvalue weighted by atomic mass is 32.2. The summed E-state index contributed by atoms with van der Waals surface area (Å²) in [6.45, 7) is 4.74. The van der Waals surface area contributed by atoms with Gasteiger partial charge in [0.25, 0.3) is 10.2 Å². The van der Waals surface area contributed by atoms with Crippen molar-refractivity contribution in [2.24, 2.45) is 0 Å². The van der Waals surface area contributed by atoms with Crippen LogP contribution in [0.2, 0.25) is 0 Å². The highest BCUT2D eigenvalue weighted by Gasteiger charge is 2.35. The predicted octanol–water partition coefficient (Wildman–Crippen LogP) is -0.0574. The van der Waals surface area contributed by atoms with Crippen molar-refractivity contribution in [1.82, 2.24) is 18.8 Å². The second-order valence-corrected chi connectivity index (χ2v) is 7.87. The lowest BCUT2D eigenvalue weighted by Gasteiger charge is -2.44. The Morgan fingerprint density at radius 2 is 2.05 bits per heavy atom. The van der Waals surface area contributed by atoms with Gasteiger partial charge in [-0.2, -0.15) is 17.0 Å². The fourth-order valence-corrected chi connectivity index (χ4v) is 4.55. The van der Waals surface area contributed by atoms with Crippen LogP contribution < -0.4 is 5.32 Å². The summed E-state index contributed by atoms with van der Waals surface area (Å²) in [6, 6.07) is 0.429. The second-order valence-electron chi connectivity index (χ2n) is 5.83. The molecule has 1 N–H and O–H groups in total. The Labute approximate surface area is 123 Å². The van der Waals surface area contributed by atoms with E-state index < -0.39 is 10.2 Å². The molecule has 0 spiro atoms. The van der Waals surface area contributed by atoms with E-state index in [0.29, 0.717) is 25.7 Å². The van der Waals surface area contributed by atoms with Crippen molar-refractivity contribution in [3.8, 4) is 0 Å². The van der Waals surface area contributed by atoms with Crippen LogP contribution in [0.3, 0.4) is 0 Å². The summed E-state index contributed by atoms with van der Waals surface area (Å²) in [5.41, 5.74) is 0. The van der Waals surface area contributed by atoms with Crippen LogP contribution in [0.25, 0.3) is 0 Å². The number of nitrogens with zero attached hydrogens (tertiary/aromatic N) is 3. The summed E-state index contributed by atoms with van der Waals surface area (Å²) < 4.78 is 28.3. The average molecular weight is 304 g/mol. The third-order valence-corrected chi connectivity index (χ3v) is 6.37. The molecule has 2 saturated heterocycles. The molecule has 2 fully saturated rings. The first-order valence-electron chi connectivity index (χ1n) is 7.66. The second kappa shape index (κ2) is 7.17. The number of fused-ring (bicyclic) bond motifs is 1. The smallest absolute Gasteiger partial charge is 0.281 e. The molecule has 2 rings (SSSR count). The van der Waals surface area contributed by atoms with Gasteiger partial charge in [-0.3, -0.25) is 4.90 Å². The molecule has 0 aliphatic carbocycles. The van der Waals surface area contributed by atoms with Crippen molar-refractivity contribution in [3.63, 3.8) is 0 Å². The molecule has 0 aromatic carbocycles. The molecule has 2 heterocycles. The molecule has 2 aliphatic heterocycles. The molecule has 0 saturated carbocycles. The zero-order valence-electron chi connectivity index (χ0n) is 12.7. The molecular formula is C13H28N4O2S. The molecule has 118 valence electrons. The van der Waals surface area contributed by atoms with Gasteiger partial charge in [0.2, 0.25) is 0 Å². The highest BCUT2D eigenvalue weighted by molar-refractivity contribution is 7.86. The van der Waals surface area contributed by atoms with Crippen molar-refractivity contribution in [2.75, 3.05) is 53.4 Å². The predicted molar refractivity (Wildman–Crippen MR) is 80.9 cm³/mol. The van der Waals surface area contributed by atoms with E-state index in [1.807, 2.05) is 7.05 Å². The molecule has 1 atom stereocenters. The van der Waals surface area contributed by atoms with E-state index in [-0.39, 0.29) is 0 Å². The molecule has 6 nitrogen and oxygen atoms in total. The molecule has 0 aromatic heterocycles. The molecule has 2 aliphatic rings. The lowest BCUT2D eigenvalue weighted by atomic mass is 10.0. The summed E-state index contributed by atoms with van der Waals surface area (Å²) in [5.74, 6) is 0. The van der Waals surface area contributed by atoms with E-state index in [1.165, 1.54) is 17.1 Å². The zero-order valence-corrected chi connectivity index (χ0v) is 13.5. The van der Waals surface area contributed by atoms with Crippen LogP contribution in [0.15, 0.2) is 0 Å². The highest BCUT2D eigenvalue weighted by Crippen LogP contribution is 2.23. The lowest BCUT2D eigenvalue weighted by molar-refractivity contribution is 0.0826. The molecule has 1 unspecified atom stereocenters. The van der Waals surface area contributed by atoms with Crippen LogP contribution in [0.4, 0.5) is 0 Å². The van der Waals surface area contributed by atoms with E-state index >= 15 is 0 Å². The van der Waals surface area contributed by atoms with Crippen molar-refractivity contribution < 1.29 is 8.42 Å². The number of nitrogens with one attached hydrogen (secondary N) is 1. The van der Waals surface area contributed by atoms with Gasteiger partial charge in [0.05, 0.1) is 0 Å². The molecule has 0 aromatic rings. The van der Waals surface area contributed by atoms with E-state index in [4.69, 9.17) is 0 Å². The Morgan fingerprint density at radius 1 is 1.25 bits per heavy atom. The fourth-order valence-electron chi connectivity index (χ4n) is 3.13. The fraction of sp³-hybridized carbons (Fsp3) is 1.00. The lowest BCUT2D eigenvalue weighted by Crippen LogP contribution is -2.58. The van der Waals surface area contributed by atoms with Gasteiger partial charge in [0.15, 0.2) is 0 Å². The first-order chi connectivity index (χ1) is 9.55. The maximum atomic E-state index is 12.6. The molecule has 20 heavy (non-hydrogen) atoms. The molecule has 0 amide bonds. The Balaban J connectivity index is 1.92. The topological polar surface area (TPSA) is 55.9 Å². The van der Waals surface area contributed by atoms with Crippen LogP contribution in [0.5, 0.6) is 0 Å². The van der Waals surface area contributed by atoms with Gasteiger partial charge in [0.1, 0.15) is 0 Å². The SMILES string of the molecule is CNCCCN(C)S(=O)(=O)N1CCN2CCCCC2C1. The third kappa shape index (κ3) is 3.71. The van der Waals surface area contributed by atoms with Crippen molar-refractivity contribution in [1.29, 1.82) is 0 Å². The minimum absolute atomic E-state index is 0.429. The van der Waals surface area contributed by atoms with E-state index in [0.717, 1.165) is 32.5 Å². The van der Waals surface area contributed by atoms with Gasteiger partial charge in [-0.25, -0.2) is 0 Å². The molecule has 7 heteroatoms. The quantitative estimate of drug-likeness (QED) is 0.699. The molecular weight excluding hydrogens is 276 g/mol. The van der Waals surface area contributed by atoms with E-state index in [2.05, 4.69) is 10.2 Å². The van der Waals surface area contributed by atoms with Crippen LogP contribution in [-0.4, -0.2) is 81.3 Å². The average Bonchev–Trinajstić information content (AvgIpc) is 2.46. The summed E-state index contributed by atoms with van der Waals surface area (Å²) in [4.78, 5) is 2.45. The monoisotopic (exact) mass is 304 g/mol. The van der Waals surface area contributed by atoms with Crippen LogP contribution in [0.1, 0.15) is 25.7 Å². The van der Waals surface area contributed by atoms with Crippen LogP contribution in [0, 0.1) is 0 Å². The minimum Gasteiger partial charge on any atom is -0.320 e. The summed E-state index contributed by atoms with van der Waals surface area (Å²) in [6.07, 6.45) is 4.46. The van der Waals surface area contributed by atoms with Gasteiger partial charge in [-0.15, -0.1) is 0 Å². The Bertz CT molecular complexity index is 401. The van der Waals surface area contributed by atoms with Gasteiger partial charge < -0.3 is 5.32 Å². The number of hydrogen-bond donors (Lipinski definition) is 1. The third-order valence-electron chi connectivity index (χ3n) is 4.42. The maximum Gasteiger partial charge on any atom is 0.281 e. The maximum absolute atomic E-state index is 12.6. The standard InChI is InChI=1S/C13H28N4O2S/c1-14-7-5-8-15(2)20(18,19)17-11-10-16-9-4-3-6-13(16)12-17/h13-14H,3-12H2,1-2H3. The largest absolute Gasteiger partial charge is 0.320 e. The Kier molecular flexibility index (Phi) is 5.80. The van der Waals surface area contributed by atoms with E-state index in [1.54, 1.807) is 11.4 Å². The summed E-state index contributed by atoms with van der Waals surface area (Å²) in [5, 5.41) is 3.05.